The molecule has 9 heteroatoms. The maximum Gasteiger partial charge on any atom is 0.297 e. The Balaban J connectivity index is 1.97. The average molecular weight is 414 g/mol. The van der Waals surface area contributed by atoms with Crippen molar-refractivity contribution in [3.63, 3.8) is 0 Å². The van der Waals surface area contributed by atoms with Gasteiger partial charge in [-0.1, -0.05) is 43.6 Å². The SMILES string of the molecule is CCC1(CC)C(NNCc2cccc(Cl)c2)=Nc2c(C(=O)N=N)cccc2N1N. The summed E-state index contributed by atoms with van der Waals surface area (Å²) in [4.78, 5) is 16.8. The summed E-state index contributed by atoms with van der Waals surface area (Å²) < 4.78 is 0. The number of hydrogen-bond acceptors (Lipinski definition) is 7. The maximum absolute atomic E-state index is 12.1. The first-order valence-electron chi connectivity index (χ1n) is 9.39. The molecule has 0 aromatic heterocycles. The van der Waals surface area contributed by atoms with Crippen molar-refractivity contribution in [1.82, 2.24) is 10.9 Å². The predicted molar refractivity (Wildman–Crippen MR) is 114 cm³/mol. The van der Waals surface area contributed by atoms with Gasteiger partial charge in [0.05, 0.1) is 11.3 Å². The third kappa shape index (κ3) is 3.87. The molecule has 29 heavy (non-hydrogen) atoms. The highest BCUT2D eigenvalue weighted by atomic mass is 35.5. The lowest BCUT2D eigenvalue weighted by molar-refractivity contribution is 0.0991. The topological polar surface area (TPSA) is 119 Å². The van der Waals surface area contributed by atoms with E-state index in [0.717, 1.165) is 5.56 Å². The minimum Gasteiger partial charge on any atom is -0.307 e. The number of nitrogens with one attached hydrogen (secondary N) is 3. The molecule has 0 unspecified atom stereocenters. The molecule has 0 saturated heterocycles. The maximum atomic E-state index is 12.1. The zero-order chi connectivity index (χ0) is 21.0. The second-order valence-electron chi connectivity index (χ2n) is 6.77. The van der Waals surface area contributed by atoms with E-state index in [1.165, 1.54) is 0 Å². The molecule has 2 aromatic rings. The lowest BCUT2D eigenvalue weighted by atomic mass is 9.87. The van der Waals surface area contributed by atoms with Gasteiger partial charge in [-0.15, -0.1) is 5.11 Å². The van der Waals surface area contributed by atoms with Crippen LogP contribution in [-0.2, 0) is 6.54 Å². The molecule has 0 bridgehead atoms. The van der Waals surface area contributed by atoms with Gasteiger partial charge in [-0.3, -0.25) is 9.80 Å². The van der Waals surface area contributed by atoms with Crippen molar-refractivity contribution in [2.45, 2.75) is 38.8 Å². The Hall–Kier alpha value is -2.81. The molecule has 1 heterocycles. The zero-order valence-corrected chi connectivity index (χ0v) is 17.1. The van der Waals surface area contributed by atoms with Gasteiger partial charge in [-0.05, 0) is 42.7 Å². The Morgan fingerprint density at radius 2 is 2.00 bits per heavy atom. The Labute approximate surface area is 174 Å². The van der Waals surface area contributed by atoms with E-state index in [-0.39, 0.29) is 5.56 Å². The first-order valence-corrected chi connectivity index (χ1v) is 9.76. The monoisotopic (exact) mass is 413 g/mol. The highest BCUT2D eigenvalue weighted by Gasteiger charge is 2.42. The number of amides is 1. The van der Waals surface area contributed by atoms with Crippen molar-refractivity contribution in [3.8, 4) is 0 Å². The molecule has 1 aliphatic heterocycles. The van der Waals surface area contributed by atoms with Crippen molar-refractivity contribution in [3.05, 3.63) is 58.6 Å². The fraction of sp³-hybridized carbons (Fsp3) is 0.300. The van der Waals surface area contributed by atoms with Gasteiger partial charge in [-0.25, -0.2) is 21.8 Å². The van der Waals surface area contributed by atoms with E-state index in [4.69, 9.17) is 28.0 Å². The number of para-hydroxylation sites is 1. The highest BCUT2D eigenvalue weighted by Crippen LogP contribution is 2.41. The molecular formula is C20H24ClN7O. The number of anilines is 1. The van der Waals surface area contributed by atoms with Gasteiger partial charge in [0.25, 0.3) is 5.91 Å². The molecule has 2 aromatic carbocycles. The summed E-state index contributed by atoms with van der Waals surface area (Å²) in [6.07, 6.45) is 1.40. The number of rotatable bonds is 6. The molecule has 0 aliphatic carbocycles. The number of nitrogens with two attached hydrogens (primary N) is 1. The van der Waals surface area contributed by atoms with Crippen LogP contribution in [0.25, 0.3) is 0 Å². The Kier molecular flexibility index (Phi) is 6.26. The number of carbonyl (C=O) groups excluding carboxylic acids is 1. The summed E-state index contributed by atoms with van der Waals surface area (Å²) >= 11 is 6.05. The Morgan fingerprint density at radius 1 is 1.28 bits per heavy atom. The first-order chi connectivity index (χ1) is 14.0. The number of benzene rings is 2. The quantitative estimate of drug-likeness (QED) is 0.323. The van der Waals surface area contributed by atoms with Gasteiger partial charge in [0.2, 0.25) is 0 Å². The molecule has 8 nitrogen and oxygen atoms in total. The van der Waals surface area contributed by atoms with Crippen molar-refractivity contribution in [2.24, 2.45) is 15.9 Å². The van der Waals surface area contributed by atoms with Crippen LogP contribution in [0, 0.1) is 5.53 Å². The van der Waals surface area contributed by atoms with Crippen molar-refractivity contribution in [2.75, 3.05) is 5.01 Å². The van der Waals surface area contributed by atoms with Gasteiger partial charge in [0, 0.05) is 11.6 Å². The van der Waals surface area contributed by atoms with Crippen LogP contribution in [0.1, 0.15) is 42.6 Å². The van der Waals surface area contributed by atoms with Crippen LogP contribution in [0.2, 0.25) is 5.02 Å². The average Bonchev–Trinajstić information content (AvgIpc) is 2.74. The molecular weight excluding hydrogens is 390 g/mol. The van der Waals surface area contributed by atoms with Crippen LogP contribution in [0.5, 0.6) is 0 Å². The number of amidine groups is 1. The number of hydrogen-bond donors (Lipinski definition) is 4. The molecule has 0 spiro atoms. The van der Waals surface area contributed by atoms with Gasteiger partial charge in [0.15, 0.2) is 0 Å². The van der Waals surface area contributed by atoms with E-state index in [1.54, 1.807) is 17.1 Å². The fourth-order valence-corrected chi connectivity index (χ4v) is 3.80. The summed E-state index contributed by atoms with van der Waals surface area (Å²) in [5.41, 5.74) is 15.1. The predicted octanol–water partition coefficient (Wildman–Crippen LogP) is 4.09. The van der Waals surface area contributed by atoms with Crippen molar-refractivity contribution in [1.29, 1.82) is 5.53 Å². The van der Waals surface area contributed by atoms with E-state index in [2.05, 4.69) is 16.0 Å². The lowest BCUT2D eigenvalue weighted by Gasteiger charge is -2.45. The van der Waals surface area contributed by atoms with Crippen molar-refractivity contribution < 1.29 is 4.79 Å². The number of fused-ring (bicyclic) bond motifs is 1. The smallest absolute Gasteiger partial charge is 0.297 e. The number of halogens is 1. The standard InChI is InChI=1S/C20H24ClN7O/c1-3-20(4-2)19(27-24-12-13-7-5-8-14(21)11-13)25-17-15(18(29)26-22)9-6-10-16(17)28(20)23/h5-11,22,24H,3-4,12,23H2,1-2H3,(H,25,27). The molecule has 5 N–H and O–H groups in total. The first kappa shape index (κ1) is 20.9. The van der Waals surface area contributed by atoms with Gasteiger partial charge in [-0.2, -0.15) is 0 Å². The van der Waals surface area contributed by atoms with Gasteiger partial charge in [0.1, 0.15) is 17.1 Å². The number of carbonyl (C=O) groups is 1. The van der Waals surface area contributed by atoms with Crippen LogP contribution < -0.4 is 21.7 Å². The minimum absolute atomic E-state index is 0.239. The summed E-state index contributed by atoms with van der Waals surface area (Å²) in [5.74, 6) is 6.47. The van der Waals surface area contributed by atoms with Crippen LogP contribution in [0.4, 0.5) is 11.4 Å². The molecule has 1 amide bonds. The summed E-state index contributed by atoms with van der Waals surface area (Å²) in [7, 11) is 0. The highest BCUT2D eigenvalue weighted by molar-refractivity contribution is 6.30. The Morgan fingerprint density at radius 3 is 2.66 bits per heavy atom. The van der Waals surface area contributed by atoms with Crippen LogP contribution in [0.15, 0.2) is 52.6 Å². The third-order valence-electron chi connectivity index (χ3n) is 5.29. The number of hydrazine groups is 2. The molecule has 0 radical (unpaired) electrons. The van der Waals surface area contributed by atoms with E-state index in [9.17, 15) is 4.79 Å². The number of nitrogens with zero attached hydrogens (tertiary/aromatic N) is 3. The lowest BCUT2D eigenvalue weighted by Crippen LogP contribution is -2.64. The molecule has 0 saturated carbocycles. The Bertz CT molecular complexity index is 956. The summed E-state index contributed by atoms with van der Waals surface area (Å²) in [6, 6.07) is 12.7. The number of aliphatic imine (C=N–C) groups is 1. The summed E-state index contributed by atoms with van der Waals surface area (Å²) in [5, 5.41) is 5.36. The molecule has 3 rings (SSSR count). The van der Waals surface area contributed by atoms with E-state index < -0.39 is 11.4 Å². The second kappa shape index (κ2) is 8.69. The molecule has 152 valence electrons. The van der Waals surface area contributed by atoms with Gasteiger partial charge < -0.3 is 5.43 Å². The minimum atomic E-state index is -0.661. The zero-order valence-electron chi connectivity index (χ0n) is 16.4. The third-order valence-corrected chi connectivity index (χ3v) is 5.52. The van der Waals surface area contributed by atoms with Crippen LogP contribution in [-0.4, -0.2) is 17.3 Å². The summed E-state index contributed by atoms with van der Waals surface area (Å²) in [6.45, 7) is 4.59. The van der Waals surface area contributed by atoms with Gasteiger partial charge >= 0.3 is 0 Å². The fourth-order valence-electron chi connectivity index (χ4n) is 3.58. The molecule has 1 aliphatic rings. The largest absolute Gasteiger partial charge is 0.307 e. The van der Waals surface area contributed by atoms with Crippen LogP contribution in [0.3, 0.4) is 0 Å². The molecule has 0 fully saturated rings. The molecule has 0 atom stereocenters. The second-order valence-corrected chi connectivity index (χ2v) is 7.20. The normalized spacial score (nSPS) is 14.8. The van der Waals surface area contributed by atoms with E-state index in [0.29, 0.717) is 41.6 Å². The van der Waals surface area contributed by atoms with Crippen molar-refractivity contribution >= 4 is 34.7 Å². The van der Waals surface area contributed by atoms with Crippen LogP contribution >= 0.6 is 11.6 Å². The van der Waals surface area contributed by atoms with E-state index >= 15 is 0 Å². The van der Waals surface area contributed by atoms with E-state index in [1.807, 2.05) is 44.2 Å².